The van der Waals surface area contributed by atoms with Crippen molar-refractivity contribution in [3.63, 3.8) is 0 Å². The van der Waals surface area contributed by atoms with Crippen molar-refractivity contribution in [1.29, 1.82) is 0 Å². The molecule has 18 heavy (non-hydrogen) atoms. The summed E-state index contributed by atoms with van der Waals surface area (Å²) in [6.07, 6.45) is 2.81. The van der Waals surface area contributed by atoms with Crippen molar-refractivity contribution >= 4 is 17.3 Å². The number of aliphatic carboxylic acids is 1. The lowest BCUT2D eigenvalue weighted by molar-refractivity contribution is -0.137. The fourth-order valence-corrected chi connectivity index (χ4v) is 2.96. The maximum atomic E-state index is 10.4. The van der Waals surface area contributed by atoms with E-state index in [1.807, 2.05) is 6.07 Å². The lowest BCUT2D eigenvalue weighted by Crippen LogP contribution is -1.94. The molecule has 0 aliphatic heterocycles. The average molecular weight is 260 g/mol. The highest BCUT2D eigenvalue weighted by atomic mass is 32.1. The Morgan fingerprint density at radius 2 is 1.78 bits per heavy atom. The van der Waals surface area contributed by atoms with Gasteiger partial charge in [0, 0.05) is 22.6 Å². The van der Waals surface area contributed by atoms with Crippen LogP contribution < -0.4 is 0 Å². The smallest absolute Gasteiger partial charge is 0.303 e. The second-order valence-electron chi connectivity index (χ2n) is 4.28. The highest BCUT2D eigenvalue weighted by Gasteiger charge is 2.03. The molecule has 0 saturated heterocycles. The first-order valence-electron chi connectivity index (χ1n) is 6.07. The van der Waals surface area contributed by atoms with Gasteiger partial charge in [-0.15, -0.1) is 11.3 Å². The van der Waals surface area contributed by atoms with Crippen LogP contribution in [0.2, 0.25) is 0 Å². The molecule has 0 saturated carbocycles. The Balaban J connectivity index is 1.88. The van der Waals surface area contributed by atoms with Crippen molar-refractivity contribution in [1.82, 2.24) is 0 Å². The second kappa shape index (κ2) is 6.36. The van der Waals surface area contributed by atoms with Gasteiger partial charge >= 0.3 is 5.97 Å². The predicted molar refractivity (Wildman–Crippen MR) is 74.1 cm³/mol. The summed E-state index contributed by atoms with van der Waals surface area (Å²) in [4.78, 5) is 13.1. The van der Waals surface area contributed by atoms with Gasteiger partial charge in [0.05, 0.1) is 0 Å². The predicted octanol–water partition coefficient (Wildman–Crippen LogP) is 3.75. The lowest BCUT2D eigenvalue weighted by atomic mass is 10.1. The van der Waals surface area contributed by atoms with E-state index in [4.69, 9.17) is 5.11 Å². The van der Waals surface area contributed by atoms with Gasteiger partial charge in [-0.2, -0.15) is 0 Å². The molecule has 1 aromatic heterocycles. The monoisotopic (exact) mass is 260 g/mol. The molecule has 0 bridgehead atoms. The molecule has 0 atom stereocenters. The SMILES string of the molecule is O=C(O)CCCc1ccc(Cc2ccccc2)s1. The topological polar surface area (TPSA) is 37.3 Å². The number of carboxylic acids is 1. The third kappa shape index (κ3) is 4.00. The molecule has 94 valence electrons. The van der Waals surface area contributed by atoms with Gasteiger partial charge in [0.2, 0.25) is 0 Å². The summed E-state index contributed by atoms with van der Waals surface area (Å²) in [7, 11) is 0. The minimum atomic E-state index is -0.712. The minimum Gasteiger partial charge on any atom is -0.481 e. The van der Waals surface area contributed by atoms with E-state index in [-0.39, 0.29) is 6.42 Å². The molecule has 2 rings (SSSR count). The van der Waals surface area contributed by atoms with Crippen LogP contribution in [0.5, 0.6) is 0 Å². The van der Waals surface area contributed by atoms with Crippen LogP contribution in [0.4, 0.5) is 0 Å². The molecule has 0 radical (unpaired) electrons. The highest BCUT2D eigenvalue weighted by Crippen LogP contribution is 2.21. The van der Waals surface area contributed by atoms with Crippen LogP contribution in [0.15, 0.2) is 42.5 Å². The molecule has 0 aliphatic carbocycles. The number of hydrogen-bond donors (Lipinski definition) is 1. The molecule has 3 heteroatoms. The molecule has 1 N–H and O–H groups in total. The van der Waals surface area contributed by atoms with Crippen molar-refractivity contribution in [2.45, 2.75) is 25.7 Å². The lowest BCUT2D eigenvalue weighted by Gasteiger charge is -1.97. The van der Waals surface area contributed by atoms with E-state index in [0.29, 0.717) is 0 Å². The molecule has 0 fully saturated rings. The zero-order valence-electron chi connectivity index (χ0n) is 10.1. The van der Waals surface area contributed by atoms with Crippen molar-refractivity contribution < 1.29 is 9.90 Å². The molecular weight excluding hydrogens is 244 g/mol. The third-order valence-corrected chi connectivity index (χ3v) is 3.90. The number of thiophene rings is 1. The van der Waals surface area contributed by atoms with Gasteiger partial charge in [0.25, 0.3) is 0 Å². The normalized spacial score (nSPS) is 10.4. The van der Waals surface area contributed by atoms with Crippen molar-refractivity contribution in [3.05, 3.63) is 57.8 Å². The van der Waals surface area contributed by atoms with E-state index in [1.165, 1.54) is 15.3 Å². The van der Waals surface area contributed by atoms with Crippen LogP contribution in [0.3, 0.4) is 0 Å². The van der Waals surface area contributed by atoms with E-state index in [1.54, 1.807) is 11.3 Å². The van der Waals surface area contributed by atoms with Crippen LogP contribution in [0.1, 0.15) is 28.2 Å². The minimum absolute atomic E-state index is 0.256. The highest BCUT2D eigenvalue weighted by molar-refractivity contribution is 7.12. The molecule has 2 nitrogen and oxygen atoms in total. The average Bonchev–Trinajstić information content (AvgIpc) is 2.78. The largest absolute Gasteiger partial charge is 0.481 e. The second-order valence-corrected chi connectivity index (χ2v) is 5.53. The molecule has 0 aliphatic rings. The Hall–Kier alpha value is -1.61. The first kappa shape index (κ1) is 12.8. The summed E-state index contributed by atoms with van der Waals surface area (Å²) in [5.41, 5.74) is 1.32. The Labute approximate surface area is 111 Å². The van der Waals surface area contributed by atoms with Crippen LogP contribution in [-0.4, -0.2) is 11.1 Å². The van der Waals surface area contributed by atoms with E-state index >= 15 is 0 Å². The molecule has 0 unspecified atom stereocenters. The van der Waals surface area contributed by atoms with Crippen molar-refractivity contribution in [3.8, 4) is 0 Å². The first-order valence-corrected chi connectivity index (χ1v) is 6.89. The molecule has 1 heterocycles. The molecule has 1 aromatic carbocycles. The fourth-order valence-electron chi connectivity index (χ4n) is 1.86. The van der Waals surface area contributed by atoms with Crippen LogP contribution in [0.25, 0.3) is 0 Å². The summed E-state index contributed by atoms with van der Waals surface area (Å²) in [5.74, 6) is -0.712. The number of hydrogen-bond acceptors (Lipinski definition) is 2. The maximum Gasteiger partial charge on any atom is 0.303 e. The number of carboxylic acid groups (broad SMARTS) is 1. The van der Waals surface area contributed by atoms with Gasteiger partial charge < -0.3 is 5.11 Å². The molecular formula is C15H16O2S. The van der Waals surface area contributed by atoms with E-state index in [0.717, 1.165) is 19.3 Å². The number of rotatable bonds is 6. The zero-order chi connectivity index (χ0) is 12.8. The fraction of sp³-hybridized carbons (Fsp3) is 0.267. The number of aryl methyl sites for hydroxylation is 1. The van der Waals surface area contributed by atoms with Gasteiger partial charge in [-0.1, -0.05) is 30.3 Å². The Bertz CT molecular complexity index is 502. The zero-order valence-corrected chi connectivity index (χ0v) is 11.0. The van der Waals surface area contributed by atoms with Crippen LogP contribution in [-0.2, 0) is 17.6 Å². The summed E-state index contributed by atoms with van der Waals surface area (Å²) < 4.78 is 0. The molecule has 0 spiro atoms. The maximum absolute atomic E-state index is 10.4. The van der Waals surface area contributed by atoms with E-state index in [2.05, 4.69) is 36.4 Å². The summed E-state index contributed by atoms with van der Waals surface area (Å²) in [6, 6.07) is 14.6. The first-order chi connectivity index (χ1) is 8.74. The number of carbonyl (C=O) groups is 1. The molecule has 0 amide bonds. The quantitative estimate of drug-likeness (QED) is 0.859. The van der Waals surface area contributed by atoms with Crippen molar-refractivity contribution in [2.24, 2.45) is 0 Å². The van der Waals surface area contributed by atoms with Gasteiger partial charge in [-0.25, -0.2) is 0 Å². The van der Waals surface area contributed by atoms with Crippen molar-refractivity contribution in [2.75, 3.05) is 0 Å². The third-order valence-electron chi connectivity index (χ3n) is 2.75. The van der Waals surface area contributed by atoms with Crippen LogP contribution >= 0.6 is 11.3 Å². The van der Waals surface area contributed by atoms with E-state index in [9.17, 15) is 4.79 Å². The van der Waals surface area contributed by atoms with Gasteiger partial charge in [-0.05, 0) is 30.5 Å². The Morgan fingerprint density at radius 1 is 1.06 bits per heavy atom. The van der Waals surface area contributed by atoms with Gasteiger partial charge in [0.1, 0.15) is 0 Å². The van der Waals surface area contributed by atoms with E-state index < -0.39 is 5.97 Å². The summed E-state index contributed by atoms with van der Waals surface area (Å²) in [6.45, 7) is 0. The number of benzene rings is 1. The molecule has 2 aromatic rings. The standard InChI is InChI=1S/C15H16O2S/c16-15(17)8-4-7-13-9-10-14(18-13)11-12-5-2-1-3-6-12/h1-3,5-6,9-10H,4,7-8,11H2,(H,16,17). The summed E-state index contributed by atoms with van der Waals surface area (Å²) >= 11 is 1.79. The Morgan fingerprint density at radius 3 is 2.50 bits per heavy atom. The van der Waals surface area contributed by atoms with Gasteiger partial charge in [-0.3, -0.25) is 4.79 Å². The summed E-state index contributed by atoms with van der Waals surface area (Å²) in [5, 5.41) is 8.59. The van der Waals surface area contributed by atoms with Crippen LogP contribution in [0, 0.1) is 0 Å². The van der Waals surface area contributed by atoms with Gasteiger partial charge in [0.15, 0.2) is 0 Å². The Kier molecular flexibility index (Phi) is 4.53.